The lowest BCUT2D eigenvalue weighted by atomic mass is 9.87. The van der Waals surface area contributed by atoms with E-state index in [1.807, 2.05) is 7.05 Å². The van der Waals surface area contributed by atoms with Crippen LogP contribution in [0.3, 0.4) is 0 Å². The van der Waals surface area contributed by atoms with Crippen molar-refractivity contribution >= 4 is 7.85 Å². The zero-order valence-electron chi connectivity index (χ0n) is 6.79. The smallest absolute Gasteiger partial charge is 0.109 e. The number of nitrogens with one attached hydrogen (secondary N) is 1. The second-order valence-corrected chi connectivity index (χ2v) is 2.94. The van der Waals surface area contributed by atoms with Crippen LogP contribution in [0.1, 0.15) is 12.8 Å². The maximum Gasteiger partial charge on any atom is 0.109 e. The molecule has 1 aliphatic heterocycles. The highest BCUT2D eigenvalue weighted by molar-refractivity contribution is 6.11. The predicted octanol–water partition coefficient (Wildman–Crippen LogP) is -0.760. The fourth-order valence-corrected chi connectivity index (χ4v) is 1.41. The molecule has 1 heterocycles. The monoisotopic (exact) mass is 155 g/mol. The summed E-state index contributed by atoms with van der Waals surface area (Å²) in [6.45, 7) is 0.0614. The van der Waals surface area contributed by atoms with Crippen LogP contribution in [-0.4, -0.2) is 44.8 Å². The topological polar surface area (TPSA) is 41.5 Å². The molecule has 2 N–H and O–H groups in total. The quantitative estimate of drug-likeness (QED) is 0.515. The van der Waals surface area contributed by atoms with Crippen LogP contribution in [0.4, 0.5) is 0 Å². The Kier molecular flexibility index (Phi) is 3.36. The van der Waals surface area contributed by atoms with E-state index in [0.717, 1.165) is 12.8 Å². The van der Waals surface area contributed by atoms with E-state index in [0.29, 0.717) is 6.04 Å². The molecule has 3 nitrogen and oxygen atoms in total. The third kappa shape index (κ3) is 2.47. The first-order valence-electron chi connectivity index (χ1n) is 3.95. The Balaban J connectivity index is 2.37. The first-order chi connectivity index (χ1) is 5.26. The molecule has 1 aliphatic rings. The molecule has 0 amide bonds. The normalized spacial score (nSPS) is 38.9. The van der Waals surface area contributed by atoms with E-state index < -0.39 is 0 Å². The molecule has 11 heavy (non-hydrogen) atoms. The molecule has 62 valence electrons. The molecule has 3 atom stereocenters. The molecule has 0 aromatic rings. The highest BCUT2D eigenvalue weighted by atomic mass is 16.5. The average Bonchev–Trinajstić information content (AvgIpc) is 2.03. The van der Waals surface area contributed by atoms with Gasteiger partial charge in [-0.3, -0.25) is 0 Å². The minimum atomic E-state index is -0.224. The average molecular weight is 155 g/mol. The SMILES string of the molecule is [B]C1CC(NC)CC(CO)O1. The van der Waals surface area contributed by atoms with Gasteiger partial charge in [0.25, 0.3) is 0 Å². The summed E-state index contributed by atoms with van der Waals surface area (Å²) in [5, 5.41) is 11.9. The van der Waals surface area contributed by atoms with Crippen molar-refractivity contribution in [3.63, 3.8) is 0 Å². The summed E-state index contributed by atoms with van der Waals surface area (Å²) < 4.78 is 5.26. The Morgan fingerprint density at radius 1 is 1.64 bits per heavy atom. The number of aliphatic hydroxyl groups is 1. The van der Waals surface area contributed by atoms with Gasteiger partial charge in [-0.25, -0.2) is 0 Å². The maximum atomic E-state index is 8.81. The van der Waals surface area contributed by atoms with Crippen LogP contribution < -0.4 is 5.32 Å². The van der Waals surface area contributed by atoms with Gasteiger partial charge in [-0.05, 0) is 19.9 Å². The van der Waals surface area contributed by atoms with E-state index in [4.69, 9.17) is 17.7 Å². The molecule has 0 bridgehead atoms. The molecule has 1 saturated heterocycles. The minimum absolute atomic E-state index is 0.0614. The van der Waals surface area contributed by atoms with Gasteiger partial charge in [-0.2, -0.15) is 0 Å². The molecule has 0 spiro atoms. The van der Waals surface area contributed by atoms with Gasteiger partial charge < -0.3 is 15.2 Å². The van der Waals surface area contributed by atoms with Crippen LogP contribution in [0, 0.1) is 0 Å². The molecule has 0 aromatic heterocycles. The van der Waals surface area contributed by atoms with Gasteiger partial charge >= 0.3 is 0 Å². The zero-order chi connectivity index (χ0) is 8.27. The van der Waals surface area contributed by atoms with Crippen molar-refractivity contribution in [2.45, 2.75) is 31.0 Å². The number of hydrogen-bond acceptors (Lipinski definition) is 3. The van der Waals surface area contributed by atoms with E-state index in [9.17, 15) is 0 Å². The summed E-state index contributed by atoms with van der Waals surface area (Å²) in [6, 6.07) is 0.161. The van der Waals surface area contributed by atoms with Crippen molar-refractivity contribution < 1.29 is 9.84 Å². The Hall–Kier alpha value is -0.0551. The molecule has 1 fully saturated rings. The third-order valence-corrected chi connectivity index (χ3v) is 2.04. The predicted molar refractivity (Wildman–Crippen MR) is 43.6 cm³/mol. The summed E-state index contributed by atoms with van der Waals surface area (Å²) in [4.78, 5) is 0. The number of ether oxygens (including phenoxy) is 1. The lowest BCUT2D eigenvalue weighted by Crippen LogP contribution is -2.43. The molecule has 3 unspecified atom stereocenters. The fourth-order valence-electron chi connectivity index (χ4n) is 1.41. The van der Waals surface area contributed by atoms with Gasteiger partial charge in [-0.15, -0.1) is 0 Å². The van der Waals surface area contributed by atoms with Crippen LogP contribution in [0.25, 0.3) is 0 Å². The van der Waals surface area contributed by atoms with Crippen molar-refractivity contribution in [1.82, 2.24) is 5.32 Å². The summed E-state index contributed by atoms with van der Waals surface area (Å²) >= 11 is 0. The number of aliphatic hydroxyl groups excluding tert-OH is 1. The number of hydrogen-bond donors (Lipinski definition) is 2. The third-order valence-electron chi connectivity index (χ3n) is 2.04. The van der Waals surface area contributed by atoms with Crippen LogP contribution in [-0.2, 0) is 4.74 Å². The Morgan fingerprint density at radius 2 is 2.36 bits per heavy atom. The lowest BCUT2D eigenvalue weighted by Gasteiger charge is -2.33. The minimum Gasteiger partial charge on any atom is -0.394 e. The molecule has 0 saturated carbocycles. The molecule has 0 aromatic carbocycles. The maximum absolute atomic E-state index is 8.81. The second kappa shape index (κ2) is 4.09. The first kappa shape index (κ1) is 9.04. The largest absolute Gasteiger partial charge is 0.394 e. The van der Waals surface area contributed by atoms with E-state index in [-0.39, 0.29) is 18.7 Å². The number of rotatable bonds is 2. The second-order valence-electron chi connectivity index (χ2n) is 2.94. The van der Waals surface area contributed by atoms with E-state index in [1.165, 1.54) is 0 Å². The fraction of sp³-hybridized carbons (Fsp3) is 1.00. The summed E-state index contributed by atoms with van der Waals surface area (Å²) in [5.74, 6) is 0. The Morgan fingerprint density at radius 3 is 2.91 bits per heavy atom. The van der Waals surface area contributed by atoms with Crippen molar-refractivity contribution in [2.24, 2.45) is 0 Å². The van der Waals surface area contributed by atoms with Gasteiger partial charge in [-0.1, -0.05) is 0 Å². The standard InChI is InChI=1S/C7H14BNO2/c1-9-5-2-6(4-10)11-7(8)3-5/h5-7,9-10H,2-4H2,1H3. The molecular formula is C7H14BNO2. The van der Waals surface area contributed by atoms with Crippen LogP contribution in [0.15, 0.2) is 0 Å². The van der Waals surface area contributed by atoms with Gasteiger partial charge in [0.1, 0.15) is 7.85 Å². The van der Waals surface area contributed by atoms with Crippen molar-refractivity contribution in [1.29, 1.82) is 0 Å². The van der Waals surface area contributed by atoms with Crippen LogP contribution in [0.5, 0.6) is 0 Å². The summed E-state index contributed by atoms with van der Waals surface area (Å²) in [7, 11) is 7.49. The van der Waals surface area contributed by atoms with Crippen LogP contribution >= 0.6 is 0 Å². The first-order valence-corrected chi connectivity index (χ1v) is 3.95. The summed E-state index contributed by atoms with van der Waals surface area (Å²) in [6.07, 6.45) is 1.59. The molecular weight excluding hydrogens is 141 g/mol. The molecule has 0 aliphatic carbocycles. The Labute approximate surface area is 68.5 Å². The molecule has 4 heteroatoms. The van der Waals surface area contributed by atoms with E-state index in [1.54, 1.807) is 0 Å². The van der Waals surface area contributed by atoms with E-state index >= 15 is 0 Å². The lowest BCUT2D eigenvalue weighted by molar-refractivity contribution is -0.0473. The Bertz CT molecular complexity index is 111. The van der Waals surface area contributed by atoms with Crippen molar-refractivity contribution in [3.05, 3.63) is 0 Å². The summed E-state index contributed by atoms with van der Waals surface area (Å²) in [5.41, 5.74) is 0. The van der Waals surface area contributed by atoms with Crippen molar-refractivity contribution in [3.8, 4) is 0 Å². The zero-order valence-corrected chi connectivity index (χ0v) is 6.79. The van der Waals surface area contributed by atoms with Gasteiger partial charge in [0.15, 0.2) is 0 Å². The van der Waals surface area contributed by atoms with Gasteiger partial charge in [0, 0.05) is 12.0 Å². The molecule has 1 rings (SSSR count). The highest BCUT2D eigenvalue weighted by Crippen LogP contribution is 2.16. The van der Waals surface area contributed by atoms with Crippen molar-refractivity contribution in [2.75, 3.05) is 13.7 Å². The van der Waals surface area contributed by atoms with Gasteiger partial charge in [0.05, 0.1) is 12.7 Å². The van der Waals surface area contributed by atoms with Crippen LogP contribution in [0.2, 0.25) is 0 Å². The highest BCUT2D eigenvalue weighted by Gasteiger charge is 2.24. The van der Waals surface area contributed by atoms with Gasteiger partial charge in [0.2, 0.25) is 0 Å². The van der Waals surface area contributed by atoms with E-state index in [2.05, 4.69) is 5.32 Å². The molecule has 2 radical (unpaired) electrons.